The van der Waals surface area contributed by atoms with Crippen LogP contribution in [0.2, 0.25) is 0 Å². The SMILES string of the molecule is CC(=O)N1CCN(C(=O)CCNC(=O)c2csc(Nc3cccc(C(F)(F)F)c3)n2)CC1. The summed E-state index contributed by atoms with van der Waals surface area (Å²) in [7, 11) is 0. The Morgan fingerprint density at radius 3 is 2.47 bits per heavy atom. The van der Waals surface area contributed by atoms with Gasteiger partial charge in [-0.3, -0.25) is 14.4 Å². The topological polar surface area (TPSA) is 94.6 Å². The summed E-state index contributed by atoms with van der Waals surface area (Å²) >= 11 is 1.08. The van der Waals surface area contributed by atoms with Crippen LogP contribution in [0.1, 0.15) is 29.4 Å². The number of benzene rings is 1. The number of carbonyl (C=O) groups is 3. The lowest BCUT2D eigenvalue weighted by molar-refractivity contribution is -0.138. The molecule has 0 spiro atoms. The van der Waals surface area contributed by atoms with E-state index in [2.05, 4.69) is 15.6 Å². The second kappa shape index (κ2) is 9.98. The van der Waals surface area contributed by atoms with Crippen LogP contribution in [0.25, 0.3) is 0 Å². The number of halogens is 3. The number of hydrogen-bond acceptors (Lipinski definition) is 6. The van der Waals surface area contributed by atoms with E-state index in [9.17, 15) is 27.6 Å². The Morgan fingerprint density at radius 2 is 1.81 bits per heavy atom. The molecule has 1 aromatic carbocycles. The van der Waals surface area contributed by atoms with E-state index >= 15 is 0 Å². The predicted molar refractivity (Wildman–Crippen MR) is 113 cm³/mol. The van der Waals surface area contributed by atoms with Crippen molar-refractivity contribution in [2.24, 2.45) is 0 Å². The molecule has 32 heavy (non-hydrogen) atoms. The maximum absolute atomic E-state index is 12.8. The molecule has 2 aromatic rings. The molecule has 0 aliphatic carbocycles. The number of anilines is 2. The van der Waals surface area contributed by atoms with Crippen molar-refractivity contribution in [3.8, 4) is 0 Å². The third-order valence-electron chi connectivity index (χ3n) is 4.88. The van der Waals surface area contributed by atoms with Crippen molar-refractivity contribution >= 4 is 39.9 Å². The number of amides is 3. The molecule has 0 radical (unpaired) electrons. The fourth-order valence-electron chi connectivity index (χ4n) is 3.13. The molecule has 1 aliphatic heterocycles. The monoisotopic (exact) mass is 469 g/mol. The quantitative estimate of drug-likeness (QED) is 0.679. The van der Waals surface area contributed by atoms with Gasteiger partial charge in [0.05, 0.1) is 5.56 Å². The van der Waals surface area contributed by atoms with Crippen LogP contribution < -0.4 is 10.6 Å². The molecule has 0 saturated carbocycles. The first-order valence-electron chi connectivity index (χ1n) is 9.85. The van der Waals surface area contributed by atoms with E-state index in [0.717, 1.165) is 23.5 Å². The minimum Gasteiger partial charge on any atom is -0.350 e. The summed E-state index contributed by atoms with van der Waals surface area (Å²) in [5.41, 5.74) is -0.479. The van der Waals surface area contributed by atoms with Gasteiger partial charge in [-0.15, -0.1) is 11.3 Å². The summed E-state index contributed by atoms with van der Waals surface area (Å²) in [6, 6.07) is 4.68. The Bertz CT molecular complexity index is 987. The Balaban J connectivity index is 1.46. The van der Waals surface area contributed by atoms with Gasteiger partial charge in [-0.05, 0) is 18.2 Å². The zero-order valence-electron chi connectivity index (χ0n) is 17.2. The lowest BCUT2D eigenvalue weighted by Crippen LogP contribution is -2.50. The van der Waals surface area contributed by atoms with E-state index in [1.54, 1.807) is 9.80 Å². The van der Waals surface area contributed by atoms with Gasteiger partial charge in [0.25, 0.3) is 5.91 Å². The lowest BCUT2D eigenvalue weighted by atomic mass is 10.2. The van der Waals surface area contributed by atoms with E-state index in [4.69, 9.17) is 0 Å². The third-order valence-corrected chi connectivity index (χ3v) is 5.64. The molecule has 172 valence electrons. The molecule has 3 amide bonds. The van der Waals surface area contributed by atoms with Crippen LogP contribution in [0.4, 0.5) is 24.0 Å². The molecule has 1 aromatic heterocycles. The van der Waals surface area contributed by atoms with Crippen LogP contribution in [0.3, 0.4) is 0 Å². The van der Waals surface area contributed by atoms with Gasteiger partial charge >= 0.3 is 6.18 Å². The second-order valence-electron chi connectivity index (χ2n) is 7.13. The molecule has 12 heteroatoms. The number of nitrogens with one attached hydrogen (secondary N) is 2. The van der Waals surface area contributed by atoms with Gasteiger partial charge in [-0.1, -0.05) is 6.07 Å². The Hall–Kier alpha value is -3.15. The zero-order valence-corrected chi connectivity index (χ0v) is 18.1. The highest BCUT2D eigenvalue weighted by Gasteiger charge is 2.30. The largest absolute Gasteiger partial charge is 0.416 e. The van der Waals surface area contributed by atoms with Crippen molar-refractivity contribution in [1.29, 1.82) is 0 Å². The maximum atomic E-state index is 12.8. The number of hydrogen-bond donors (Lipinski definition) is 2. The van der Waals surface area contributed by atoms with Crippen LogP contribution in [0.15, 0.2) is 29.6 Å². The minimum absolute atomic E-state index is 0.0189. The Kier molecular flexibility index (Phi) is 7.33. The van der Waals surface area contributed by atoms with Crippen molar-refractivity contribution in [3.63, 3.8) is 0 Å². The average Bonchev–Trinajstić information content (AvgIpc) is 3.22. The molecule has 0 atom stereocenters. The van der Waals surface area contributed by atoms with E-state index in [-0.39, 0.29) is 41.3 Å². The van der Waals surface area contributed by atoms with E-state index in [1.807, 2.05) is 0 Å². The second-order valence-corrected chi connectivity index (χ2v) is 7.99. The van der Waals surface area contributed by atoms with Gasteiger partial charge in [-0.25, -0.2) is 4.98 Å². The number of alkyl halides is 3. The van der Waals surface area contributed by atoms with Crippen molar-refractivity contribution in [1.82, 2.24) is 20.1 Å². The van der Waals surface area contributed by atoms with Crippen molar-refractivity contribution in [2.45, 2.75) is 19.5 Å². The number of thiazole rings is 1. The fraction of sp³-hybridized carbons (Fsp3) is 0.400. The maximum Gasteiger partial charge on any atom is 0.416 e. The average molecular weight is 469 g/mol. The Morgan fingerprint density at radius 1 is 1.12 bits per heavy atom. The van der Waals surface area contributed by atoms with Crippen LogP contribution in [-0.2, 0) is 15.8 Å². The van der Waals surface area contributed by atoms with Crippen LogP contribution in [-0.4, -0.2) is 65.2 Å². The molecule has 1 saturated heterocycles. The first-order chi connectivity index (χ1) is 15.1. The highest BCUT2D eigenvalue weighted by molar-refractivity contribution is 7.14. The Labute approximate surface area is 186 Å². The summed E-state index contributed by atoms with van der Waals surface area (Å²) in [6.45, 7) is 3.53. The summed E-state index contributed by atoms with van der Waals surface area (Å²) in [5.74, 6) is -0.610. The number of piperazine rings is 1. The molecular weight excluding hydrogens is 447 g/mol. The van der Waals surface area contributed by atoms with E-state index in [0.29, 0.717) is 26.2 Å². The van der Waals surface area contributed by atoms with Crippen molar-refractivity contribution < 1.29 is 27.6 Å². The molecule has 2 heterocycles. The number of nitrogens with zero attached hydrogens (tertiary/aromatic N) is 3. The van der Waals surface area contributed by atoms with Crippen LogP contribution in [0, 0.1) is 0 Å². The van der Waals surface area contributed by atoms with E-state index in [1.165, 1.54) is 24.4 Å². The third kappa shape index (κ3) is 6.19. The highest BCUT2D eigenvalue weighted by atomic mass is 32.1. The minimum atomic E-state index is -4.45. The van der Waals surface area contributed by atoms with Gasteiger partial charge in [0.2, 0.25) is 11.8 Å². The highest BCUT2D eigenvalue weighted by Crippen LogP contribution is 2.31. The fourth-order valence-corrected chi connectivity index (χ4v) is 3.85. The zero-order chi connectivity index (χ0) is 23.3. The standard InChI is InChI=1S/C20H22F3N5O3S/c1-13(29)27-7-9-28(10-8-27)17(30)5-6-24-18(31)16-12-32-19(26-16)25-15-4-2-3-14(11-15)20(21,22)23/h2-4,11-12H,5-10H2,1H3,(H,24,31)(H,25,26). The molecule has 0 unspecified atom stereocenters. The number of carbonyl (C=O) groups excluding carboxylic acids is 3. The van der Waals surface area contributed by atoms with Crippen LogP contribution in [0.5, 0.6) is 0 Å². The van der Waals surface area contributed by atoms with E-state index < -0.39 is 17.6 Å². The van der Waals surface area contributed by atoms with Gasteiger partial charge in [0, 0.05) is 57.1 Å². The van der Waals surface area contributed by atoms with Gasteiger partial charge in [-0.2, -0.15) is 13.2 Å². The summed E-state index contributed by atoms with van der Waals surface area (Å²) in [5, 5.41) is 7.13. The molecule has 2 N–H and O–H groups in total. The molecule has 1 fully saturated rings. The van der Waals surface area contributed by atoms with Gasteiger partial charge in [0.1, 0.15) is 5.69 Å². The van der Waals surface area contributed by atoms with Crippen LogP contribution >= 0.6 is 11.3 Å². The van der Waals surface area contributed by atoms with Gasteiger partial charge < -0.3 is 20.4 Å². The smallest absolute Gasteiger partial charge is 0.350 e. The normalized spacial score (nSPS) is 14.2. The lowest BCUT2D eigenvalue weighted by Gasteiger charge is -2.34. The number of rotatable bonds is 6. The first-order valence-corrected chi connectivity index (χ1v) is 10.7. The summed E-state index contributed by atoms with van der Waals surface area (Å²) in [4.78, 5) is 43.3. The van der Waals surface area contributed by atoms with Crippen molar-refractivity contribution in [2.75, 3.05) is 38.0 Å². The molecule has 1 aliphatic rings. The molecule has 3 rings (SSSR count). The molecule has 0 bridgehead atoms. The molecule has 8 nitrogen and oxygen atoms in total. The van der Waals surface area contributed by atoms with Crippen molar-refractivity contribution in [3.05, 3.63) is 40.9 Å². The molecular formula is C20H22F3N5O3S. The number of aromatic nitrogens is 1. The summed E-state index contributed by atoms with van der Waals surface area (Å²) in [6.07, 6.45) is -4.34. The predicted octanol–water partition coefficient (Wildman–Crippen LogP) is 2.72. The van der Waals surface area contributed by atoms with Gasteiger partial charge in [0.15, 0.2) is 5.13 Å². The summed E-state index contributed by atoms with van der Waals surface area (Å²) < 4.78 is 38.5. The first kappa shape index (κ1) is 23.5.